The van der Waals surface area contributed by atoms with Crippen molar-refractivity contribution in [2.45, 2.75) is 57.3 Å². The Morgan fingerprint density at radius 2 is 1.80 bits per heavy atom. The summed E-state index contributed by atoms with van der Waals surface area (Å²) in [5.41, 5.74) is 6.10. The molecule has 1 heterocycles. The predicted octanol–water partition coefficient (Wildman–Crippen LogP) is 2.22. The summed E-state index contributed by atoms with van der Waals surface area (Å²) in [7, 11) is 3.41. The molecule has 0 amide bonds. The second-order valence-corrected chi connectivity index (χ2v) is 6.85. The summed E-state index contributed by atoms with van der Waals surface area (Å²) >= 11 is 0. The van der Waals surface area contributed by atoms with Crippen LogP contribution in [-0.4, -0.2) is 50.6 Å². The van der Waals surface area contributed by atoms with Gasteiger partial charge in [-0.2, -0.15) is 0 Å². The van der Waals surface area contributed by atoms with E-state index in [2.05, 4.69) is 11.8 Å². The Morgan fingerprint density at radius 1 is 1.15 bits per heavy atom. The van der Waals surface area contributed by atoms with Gasteiger partial charge in [0.25, 0.3) is 0 Å². The molecule has 4 heteroatoms. The first-order valence-corrected chi connectivity index (χ1v) is 8.13. The van der Waals surface area contributed by atoms with Crippen LogP contribution in [0.3, 0.4) is 0 Å². The molecule has 0 aromatic rings. The van der Waals surface area contributed by atoms with Crippen molar-refractivity contribution in [1.29, 1.82) is 0 Å². The number of fused-ring (bicyclic) bond motifs is 1. The van der Waals surface area contributed by atoms with Crippen LogP contribution in [-0.2, 0) is 9.47 Å². The van der Waals surface area contributed by atoms with Gasteiger partial charge in [-0.05, 0) is 38.1 Å². The minimum Gasteiger partial charge on any atom is -0.356 e. The highest BCUT2D eigenvalue weighted by atomic mass is 16.7. The molecule has 20 heavy (non-hydrogen) atoms. The molecule has 118 valence electrons. The fourth-order valence-electron chi connectivity index (χ4n) is 4.05. The van der Waals surface area contributed by atoms with Crippen LogP contribution in [0.2, 0.25) is 0 Å². The molecule has 2 fully saturated rings. The molecule has 2 aliphatic rings. The van der Waals surface area contributed by atoms with E-state index in [9.17, 15) is 0 Å². The number of piperidine rings is 1. The number of methoxy groups -OCH3 is 2. The van der Waals surface area contributed by atoms with Gasteiger partial charge in [0.2, 0.25) is 0 Å². The van der Waals surface area contributed by atoms with E-state index >= 15 is 0 Å². The van der Waals surface area contributed by atoms with Crippen LogP contribution in [0.4, 0.5) is 0 Å². The number of hydrogen-bond acceptors (Lipinski definition) is 4. The van der Waals surface area contributed by atoms with E-state index in [1.54, 1.807) is 14.2 Å². The molecule has 3 unspecified atom stereocenters. The summed E-state index contributed by atoms with van der Waals surface area (Å²) < 4.78 is 10.8. The Bertz CT molecular complexity index is 296. The van der Waals surface area contributed by atoms with Gasteiger partial charge >= 0.3 is 0 Å². The zero-order valence-electron chi connectivity index (χ0n) is 13.4. The highest BCUT2D eigenvalue weighted by Crippen LogP contribution is 2.38. The third kappa shape index (κ3) is 3.53. The summed E-state index contributed by atoms with van der Waals surface area (Å²) in [4.78, 5) is 2.60. The molecule has 0 bridgehead atoms. The molecule has 0 aromatic carbocycles. The zero-order valence-corrected chi connectivity index (χ0v) is 13.4. The number of ether oxygens (including phenoxy) is 2. The smallest absolute Gasteiger partial charge is 0.158 e. The Hall–Kier alpha value is -0.160. The van der Waals surface area contributed by atoms with Crippen molar-refractivity contribution in [2.24, 2.45) is 17.6 Å². The van der Waals surface area contributed by atoms with E-state index < -0.39 is 0 Å². The minimum atomic E-state index is -0.160. The molecule has 1 aliphatic carbocycles. The molecule has 4 nitrogen and oxygen atoms in total. The van der Waals surface area contributed by atoms with Crippen molar-refractivity contribution in [3.05, 3.63) is 0 Å². The van der Waals surface area contributed by atoms with E-state index in [4.69, 9.17) is 15.2 Å². The van der Waals surface area contributed by atoms with Gasteiger partial charge in [0, 0.05) is 39.3 Å². The summed E-state index contributed by atoms with van der Waals surface area (Å²) in [6.07, 6.45) is 7.71. The number of rotatable bonds is 6. The van der Waals surface area contributed by atoms with E-state index in [1.165, 1.54) is 45.2 Å². The monoisotopic (exact) mass is 284 g/mol. The van der Waals surface area contributed by atoms with Gasteiger partial charge in [-0.3, -0.25) is 4.90 Å². The molecule has 2 N–H and O–H groups in total. The van der Waals surface area contributed by atoms with E-state index in [1.807, 2.05) is 0 Å². The molecule has 1 saturated heterocycles. The highest BCUT2D eigenvalue weighted by molar-refractivity contribution is 4.94. The molecule has 0 spiro atoms. The van der Waals surface area contributed by atoms with Crippen LogP contribution < -0.4 is 5.73 Å². The van der Waals surface area contributed by atoms with Crippen molar-refractivity contribution < 1.29 is 9.47 Å². The average molecular weight is 284 g/mol. The standard InChI is InChI=1S/C16H32N2O2/c1-16(12-17,10-15(19-2)20-3)18-9-8-13-6-4-5-7-14(13)11-18/h13-15H,4-12,17H2,1-3H3. The molecule has 0 radical (unpaired) electrons. The minimum absolute atomic E-state index is 0.0148. The SMILES string of the molecule is COC(CC(C)(CN)N1CCC2CCCCC2C1)OC. The van der Waals surface area contributed by atoms with Gasteiger partial charge in [-0.15, -0.1) is 0 Å². The maximum absolute atomic E-state index is 6.11. The van der Waals surface area contributed by atoms with Gasteiger partial charge in [0.1, 0.15) is 0 Å². The first-order chi connectivity index (χ1) is 9.62. The van der Waals surface area contributed by atoms with Crippen molar-refractivity contribution >= 4 is 0 Å². The fraction of sp³-hybridized carbons (Fsp3) is 1.00. The van der Waals surface area contributed by atoms with Crippen LogP contribution in [0.15, 0.2) is 0 Å². The number of hydrogen-bond donors (Lipinski definition) is 1. The first kappa shape index (κ1) is 16.2. The zero-order chi connectivity index (χ0) is 14.6. The fourth-order valence-corrected chi connectivity index (χ4v) is 4.05. The van der Waals surface area contributed by atoms with Crippen molar-refractivity contribution in [1.82, 2.24) is 4.90 Å². The topological polar surface area (TPSA) is 47.7 Å². The van der Waals surface area contributed by atoms with Crippen LogP contribution in [0.1, 0.15) is 45.4 Å². The van der Waals surface area contributed by atoms with Crippen molar-refractivity contribution in [2.75, 3.05) is 33.9 Å². The molecule has 2 rings (SSSR count). The Labute approximate surface area is 124 Å². The second kappa shape index (κ2) is 7.21. The summed E-state index contributed by atoms with van der Waals surface area (Å²) in [6.45, 7) is 5.31. The summed E-state index contributed by atoms with van der Waals surface area (Å²) in [5.74, 6) is 1.84. The number of likely N-dealkylation sites (tertiary alicyclic amines) is 1. The Balaban J connectivity index is 1.99. The summed E-state index contributed by atoms with van der Waals surface area (Å²) in [6, 6.07) is 0. The molecule has 3 atom stereocenters. The van der Waals surface area contributed by atoms with Gasteiger partial charge in [-0.25, -0.2) is 0 Å². The highest BCUT2D eigenvalue weighted by Gasteiger charge is 2.39. The lowest BCUT2D eigenvalue weighted by molar-refractivity contribution is -0.133. The quantitative estimate of drug-likeness (QED) is 0.760. The van der Waals surface area contributed by atoms with Crippen LogP contribution in [0.25, 0.3) is 0 Å². The summed E-state index contributed by atoms with van der Waals surface area (Å²) in [5, 5.41) is 0. The van der Waals surface area contributed by atoms with Crippen LogP contribution >= 0.6 is 0 Å². The molecule has 1 aliphatic heterocycles. The lowest BCUT2D eigenvalue weighted by Crippen LogP contribution is -2.58. The lowest BCUT2D eigenvalue weighted by atomic mass is 9.74. The molecular formula is C16H32N2O2. The largest absolute Gasteiger partial charge is 0.356 e. The van der Waals surface area contributed by atoms with Gasteiger partial charge in [-0.1, -0.05) is 19.3 Å². The Kier molecular flexibility index (Phi) is 5.84. The van der Waals surface area contributed by atoms with Crippen molar-refractivity contribution in [3.8, 4) is 0 Å². The molecular weight excluding hydrogens is 252 g/mol. The average Bonchev–Trinajstić information content (AvgIpc) is 2.51. The van der Waals surface area contributed by atoms with Crippen LogP contribution in [0.5, 0.6) is 0 Å². The third-order valence-electron chi connectivity index (χ3n) is 5.63. The maximum Gasteiger partial charge on any atom is 0.158 e. The second-order valence-electron chi connectivity index (χ2n) is 6.85. The molecule has 0 aromatic heterocycles. The number of nitrogens with zero attached hydrogens (tertiary/aromatic N) is 1. The predicted molar refractivity (Wildman–Crippen MR) is 81.5 cm³/mol. The van der Waals surface area contributed by atoms with Crippen LogP contribution in [0, 0.1) is 11.8 Å². The van der Waals surface area contributed by atoms with Gasteiger partial charge in [0.05, 0.1) is 0 Å². The van der Waals surface area contributed by atoms with E-state index in [0.717, 1.165) is 18.3 Å². The van der Waals surface area contributed by atoms with E-state index in [-0.39, 0.29) is 11.8 Å². The first-order valence-electron chi connectivity index (χ1n) is 8.13. The maximum atomic E-state index is 6.11. The Morgan fingerprint density at radius 3 is 2.40 bits per heavy atom. The van der Waals surface area contributed by atoms with E-state index in [0.29, 0.717) is 6.54 Å². The van der Waals surface area contributed by atoms with Gasteiger partial charge < -0.3 is 15.2 Å². The van der Waals surface area contributed by atoms with Gasteiger partial charge in [0.15, 0.2) is 6.29 Å². The normalized spacial score (nSPS) is 31.1. The third-order valence-corrected chi connectivity index (χ3v) is 5.63. The number of nitrogens with two attached hydrogens (primary N) is 1. The lowest BCUT2D eigenvalue weighted by Gasteiger charge is -2.49. The molecule has 1 saturated carbocycles. The van der Waals surface area contributed by atoms with Crippen molar-refractivity contribution in [3.63, 3.8) is 0 Å².